The molecule has 1 heterocycles. The fourth-order valence-electron chi connectivity index (χ4n) is 1.79. The third-order valence-electron chi connectivity index (χ3n) is 2.83. The number of hydrogen-bond donors (Lipinski definition) is 1. The third-order valence-corrected chi connectivity index (χ3v) is 4.62. The first-order valence-electron chi connectivity index (χ1n) is 5.76. The van der Waals surface area contributed by atoms with Gasteiger partial charge in [0.05, 0.1) is 10.5 Å². The van der Waals surface area contributed by atoms with E-state index in [0.717, 1.165) is 11.3 Å². The van der Waals surface area contributed by atoms with Crippen molar-refractivity contribution in [2.24, 2.45) is 0 Å². The molecule has 1 aromatic heterocycles. The van der Waals surface area contributed by atoms with Crippen LogP contribution >= 0.6 is 27.3 Å². The van der Waals surface area contributed by atoms with E-state index in [1.165, 1.54) is 15.8 Å². The van der Waals surface area contributed by atoms with E-state index in [0.29, 0.717) is 4.47 Å². The molecule has 96 valence electrons. The van der Waals surface area contributed by atoms with Gasteiger partial charge in [0.15, 0.2) is 0 Å². The summed E-state index contributed by atoms with van der Waals surface area (Å²) in [5, 5.41) is 3.36. The number of anilines is 1. The first-order valence-corrected chi connectivity index (χ1v) is 7.37. The third kappa shape index (κ3) is 2.93. The quantitative estimate of drug-likeness (QED) is 0.791. The van der Waals surface area contributed by atoms with Gasteiger partial charge in [0, 0.05) is 15.4 Å². The Balaban J connectivity index is 2.21. The zero-order valence-electron chi connectivity index (χ0n) is 10.6. The Morgan fingerprint density at radius 3 is 2.61 bits per heavy atom. The molecule has 1 aromatic carbocycles. The maximum Gasteiger partial charge on any atom is 0.139 e. The molecule has 0 radical (unpaired) electrons. The molecule has 4 heteroatoms. The van der Waals surface area contributed by atoms with Crippen LogP contribution in [0.5, 0.6) is 0 Å². The molecule has 18 heavy (non-hydrogen) atoms. The van der Waals surface area contributed by atoms with Crippen molar-refractivity contribution in [3.05, 3.63) is 49.9 Å². The topological polar surface area (TPSA) is 12.0 Å². The molecular weight excluding hydrogens is 313 g/mol. The van der Waals surface area contributed by atoms with Gasteiger partial charge in [0.1, 0.15) is 5.82 Å². The summed E-state index contributed by atoms with van der Waals surface area (Å²) < 4.78 is 14.0. The molecule has 0 amide bonds. The predicted octanol–water partition coefficient (Wildman–Crippen LogP) is 5.44. The molecular formula is C14H15BrFNS. The maximum atomic E-state index is 13.5. The van der Waals surface area contributed by atoms with Gasteiger partial charge in [-0.1, -0.05) is 0 Å². The lowest BCUT2D eigenvalue weighted by Crippen LogP contribution is -2.06. The molecule has 0 fully saturated rings. The molecule has 1 unspecified atom stereocenters. The lowest BCUT2D eigenvalue weighted by atomic mass is 10.1. The minimum Gasteiger partial charge on any atom is -0.377 e. The highest BCUT2D eigenvalue weighted by Gasteiger charge is 2.11. The van der Waals surface area contributed by atoms with Crippen LogP contribution in [0.1, 0.15) is 28.3 Å². The van der Waals surface area contributed by atoms with E-state index in [-0.39, 0.29) is 11.9 Å². The molecule has 2 rings (SSSR count). The van der Waals surface area contributed by atoms with Crippen LogP contribution in [0.3, 0.4) is 0 Å². The summed E-state index contributed by atoms with van der Waals surface area (Å²) in [5.74, 6) is -0.238. The second-order valence-electron chi connectivity index (χ2n) is 4.40. The number of rotatable bonds is 3. The Morgan fingerprint density at radius 1 is 1.28 bits per heavy atom. The van der Waals surface area contributed by atoms with Crippen LogP contribution in [0.4, 0.5) is 10.1 Å². The lowest BCUT2D eigenvalue weighted by molar-refractivity contribution is 0.620. The first kappa shape index (κ1) is 13.6. The standard InChI is InChI=1S/C14H15BrFNS/c1-8-6-11(15)12(16)7-13(8)17-10(3)14-5-4-9(2)18-14/h4-7,10,17H,1-3H3. The van der Waals surface area contributed by atoms with Gasteiger partial charge in [-0.3, -0.25) is 0 Å². The van der Waals surface area contributed by atoms with Gasteiger partial charge < -0.3 is 5.32 Å². The fourth-order valence-corrected chi connectivity index (χ4v) is 3.13. The molecule has 1 atom stereocenters. The van der Waals surface area contributed by atoms with Gasteiger partial charge in [0.25, 0.3) is 0 Å². The lowest BCUT2D eigenvalue weighted by Gasteiger charge is -2.16. The van der Waals surface area contributed by atoms with Gasteiger partial charge in [-0.15, -0.1) is 11.3 Å². The predicted molar refractivity (Wildman–Crippen MR) is 79.9 cm³/mol. The number of thiophene rings is 1. The molecule has 0 aliphatic rings. The van der Waals surface area contributed by atoms with Gasteiger partial charge in [-0.25, -0.2) is 4.39 Å². The number of benzene rings is 1. The van der Waals surface area contributed by atoms with Crippen LogP contribution < -0.4 is 5.32 Å². The molecule has 0 aliphatic carbocycles. The fraction of sp³-hybridized carbons (Fsp3) is 0.286. The van der Waals surface area contributed by atoms with Gasteiger partial charge in [-0.2, -0.15) is 0 Å². The van der Waals surface area contributed by atoms with Crippen molar-refractivity contribution in [3.8, 4) is 0 Å². The summed E-state index contributed by atoms with van der Waals surface area (Å²) in [6.45, 7) is 6.15. The molecule has 0 bridgehead atoms. The zero-order valence-corrected chi connectivity index (χ0v) is 13.0. The highest BCUT2D eigenvalue weighted by molar-refractivity contribution is 9.10. The van der Waals surface area contributed by atoms with Gasteiger partial charge in [-0.05, 0) is 66.5 Å². The molecule has 1 N–H and O–H groups in total. The van der Waals surface area contributed by atoms with Crippen molar-refractivity contribution in [1.29, 1.82) is 0 Å². The molecule has 1 nitrogen and oxygen atoms in total. The summed E-state index contributed by atoms with van der Waals surface area (Å²) in [5.41, 5.74) is 1.87. The number of halogens is 2. The van der Waals surface area contributed by atoms with Crippen LogP contribution in [0, 0.1) is 19.7 Å². The van der Waals surface area contributed by atoms with Crippen molar-refractivity contribution in [3.63, 3.8) is 0 Å². The van der Waals surface area contributed by atoms with E-state index in [1.54, 1.807) is 17.4 Å². The van der Waals surface area contributed by atoms with E-state index < -0.39 is 0 Å². The van der Waals surface area contributed by atoms with Crippen molar-refractivity contribution in [2.45, 2.75) is 26.8 Å². The second kappa shape index (κ2) is 5.41. The van der Waals surface area contributed by atoms with E-state index in [4.69, 9.17) is 0 Å². The van der Waals surface area contributed by atoms with Crippen LogP contribution in [-0.2, 0) is 0 Å². The minimum atomic E-state index is -0.238. The smallest absolute Gasteiger partial charge is 0.139 e. The Bertz CT molecular complexity index is 565. The Kier molecular flexibility index (Phi) is 4.07. The summed E-state index contributed by atoms with van der Waals surface area (Å²) in [4.78, 5) is 2.55. The first-order chi connectivity index (χ1) is 8.47. The molecule has 0 aliphatic heterocycles. The average molecular weight is 328 g/mol. The van der Waals surface area contributed by atoms with Crippen molar-refractivity contribution < 1.29 is 4.39 Å². The van der Waals surface area contributed by atoms with E-state index in [9.17, 15) is 4.39 Å². The van der Waals surface area contributed by atoms with Crippen molar-refractivity contribution >= 4 is 33.0 Å². The van der Waals surface area contributed by atoms with Gasteiger partial charge >= 0.3 is 0 Å². The van der Waals surface area contributed by atoms with Crippen molar-refractivity contribution in [2.75, 3.05) is 5.32 Å². The van der Waals surface area contributed by atoms with Crippen molar-refractivity contribution in [1.82, 2.24) is 0 Å². The van der Waals surface area contributed by atoms with Crippen LogP contribution in [0.25, 0.3) is 0 Å². The van der Waals surface area contributed by atoms with Crippen LogP contribution in [0.2, 0.25) is 0 Å². The number of hydrogen-bond acceptors (Lipinski definition) is 2. The summed E-state index contributed by atoms with van der Waals surface area (Å²) >= 11 is 4.96. The molecule has 0 saturated carbocycles. The average Bonchev–Trinajstić information content (AvgIpc) is 2.73. The summed E-state index contributed by atoms with van der Waals surface area (Å²) in [6, 6.07) is 7.73. The summed E-state index contributed by atoms with van der Waals surface area (Å²) in [7, 11) is 0. The van der Waals surface area contributed by atoms with Gasteiger partial charge in [0.2, 0.25) is 0 Å². The molecule has 0 spiro atoms. The monoisotopic (exact) mass is 327 g/mol. The SMILES string of the molecule is Cc1ccc(C(C)Nc2cc(F)c(Br)cc2C)s1. The normalized spacial score (nSPS) is 12.5. The zero-order chi connectivity index (χ0) is 13.3. The molecule has 0 saturated heterocycles. The van der Waals surface area contributed by atoms with E-state index in [1.807, 2.05) is 6.92 Å². The molecule has 2 aromatic rings. The Morgan fingerprint density at radius 2 is 2.00 bits per heavy atom. The highest BCUT2D eigenvalue weighted by Crippen LogP contribution is 2.29. The van der Waals surface area contributed by atoms with E-state index >= 15 is 0 Å². The Labute approximate surface area is 119 Å². The minimum absolute atomic E-state index is 0.183. The second-order valence-corrected chi connectivity index (χ2v) is 6.57. The highest BCUT2D eigenvalue weighted by atomic mass is 79.9. The Hall–Kier alpha value is -0.870. The summed E-state index contributed by atoms with van der Waals surface area (Å²) in [6.07, 6.45) is 0. The van der Waals surface area contributed by atoms with Crippen LogP contribution in [0.15, 0.2) is 28.7 Å². The number of nitrogens with one attached hydrogen (secondary N) is 1. The maximum absolute atomic E-state index is 13.5. The number of aryl methyl sites for hydroxylation is 2. The van der Waals surface area contributed by atoms with Crippen LogP contribution in [-0.4, -0.2) is 0 Å². The van der Waals surface area contributed by atoms with E-state index in [2.05, 4.69) is 47.2 Å². The largest absolute Gasteiger partial charge is 0.377 e.